The minimum absolute atomic E-state index is 0.0600. The van der Waals surface area contributed by atoms with E-state index >= 15 is 0 Å². The zero-order valence-corrected chi connectivity index (χ0v) is 7.67. The topological polar surface area (TPSA) is 63.8 Å². The maximum absolute atomic E-state index is 12.5. The van der Waals surface area contributed by atoms with Gasteiger partial charge in [-0.25, -0.2) is 4.98 Å². The Kier molecular flexibility index (Phi) is 1.99. The van der Waals surface area contributed by atoms with Crippen LogP contribution in [0.15, 0.2) is 12.4 Å². The lowest BCUT2D eigenvalue weighted by Crippen LogP contribution is -2.39. The van der Waals surface area contributed by atoms with Crippen LogP contribution in [0.1, 0.15) is 12.8 Å². The molecule has 1 fully saturated rings. The average molecular weight is 218 g/mol. The molecule has 0 spiro atoms. The smallest absolute Gasteiger partial charge is 0.382 e. The Balaban J connectivity index is 2.16. The number of aromatic nitrogens is 2. The van der Waals surface area contributed by atoms with Crippen LogP contribution >= 0.6 is 0 Å². The van der Waals surface area contributed by atoms with E-state index in [9.17, 15) is 13.2 Å². The van der Waals surface area contributed by atoms with E-state index in [1.54, 1.807) is 0 Å². The normalized spacial score (nSPS) is 18.6. The molecule has 4 nitrogen and oxygen atoms in total. The van der Waals surface area contributed by atoms with E-state index in [1.807, 2.05) is 0 Å². The molecule has 0 aliphatic heterocycles. The van der Waals surface area contributed by atoms with Crippen molar-refractivity contribution < 1.29 is 13.2 Å². The van der Waals surface area contributed by atoms with E-state index in [4.69, 9.17) is 5.73 Å². The zero-order chi connectivity index (χ0) is 11.1. The first kappa shape index (κ1) is 10.0. The molecule has 0 bridgehead atoms. The molecule has 1 saturated carbocycles. The van der Waals surface area contributed by atoms with Crippen molar-refractivity contribution in [2.45, 2.75) is 24.6 Å². The standard InChI is InChI=1S/C8H9F3N4/c9-8(10,11)7(1-2-7)15-6-4-13-3-5(12)14-6/h3-4H,1-2H2,(H3,12,14,15). The molecule has 1 aliphatic carbocycles. The van der Waals surface area contributed by atoms with Crippen LogP contribution in [0.2, 0.25) is 0 Å². The summed E-state index contributed by atoms with van der Waals surface area (Å²) in [6.07, 6.45) is -1.64. The highest BCUT2D eigenvalue weighted by molar-refractivity contribution is 5.43. The van der Waals surface area contributed by atoms with Crippen molar-refractivity contribution in [2.24, 2.45) is 0 Å². The average Bonchev–Trinajstić information content (AvgIpc) is 2.84. The molecule has 0 unspecified atom stereocenters. The third kappa shape index (κ3) is 1.81. The number of hydrogen-bond donors (Lipinski definition) is 2. The first-order valence-electron chi connectivity index (χ1n) is 4.35. The fourth-order valence-corrected chi connectivity index (χ4v) is 1.29. The predicted molar refractivity (Wildman–Crippen MR) is 48.1 cm³/mol. The summed E-state index contributed by atoms with van der Waals surface area (Å²) in [6, 6.07) is 0. The summed E-state index contributed by atoms with van der Waals surface area (Å²) < 4.78 is 37.6. The van der Waals surface area contributed by atoms with Crippen LogP contribution in [0, 0.1) is 0 Å². The van der Waals surface area contributed by atoms with Gasteiger partial charge in [0.2, 0.25) is 0 Å². The van der Waals surface area contributed by atoms with Crippen LogP contribution in [0.3, 0.4) is 0 Å². The summed E-state index contributed by atoms with van der Waals surface area (Å²) in [5.74, 6) is 0.155. The Morgan fingerprint density at radius 2 is 2.00 bits per heavy atom. The molecule has 1 aliphatic rings. The third-order valence-corrected chi connectivity index (χ3v) is 2.31. The molecule has 82 valence electrons. The SMILES string of the molecule is Nc1cncc(NC2(C(F)(F)F)CC2)n1. The van der Waals surface area contributed by atoms with Gasteiger partial charge in [0, 0.05) is 0 Å². The number of nitrogens with one attached hydrogen (secondary N) is 1. The minimum atomic E-state index is -4.26. The summed E-state index contributed by atoms with van der Waals surface area (Å²) in [5, 5.41) is 2.33. The zero-order valence-electron chi connectivity index (χ0n) is 7.67. The molecule has 0 atom stereocenters. The fourth-order valence-electron chi connectivity index (χ4n) is 1.29. The minimum Gasteiger partial charge on any atom is -0.382 e. The lowest BCUT2D eigenvalue weighted by atomic mass is 10.2. The predicted octanol–water partition coefficient (Wildman–Crippen LogP) is 1.57. The molecular formula is C8H9F3N4. The maximum Gasteiger partial charge on any atom is 0.411 e. The largest absolute Gasteiger partial charge is 0.411 e. The van der Waals surface area contributed by atoms with Crippen LogP contribution in [-0.2, 0) is 0 Å². The van der Waals surface area contributed by atoms with E-state index in [1.165, 1.54) is 12.4 Å². The Hall–Kier alpha value is -1.53. The van der Waals surface area contributed by atoms with Crippen LogP contribution in [-0.4, -0.2) is 21.7 Å². The highest BCUT2D eigenvalue weighted by atomic mass is 19.4. The molecule has 3 N–H and O–H groups in total. The maximum atomic E-state index is 12.5. The molecule has 7 heteroatoms. The van der Waals surface area contributed by atoms with Gasteiger partial charge in [0.1, 0.15) is 17.2 Å². The molecule has 1 aromatic rings. The molecule has 0 saturated heterocycles. The van der Waals surface area contributed by atoms with E-state index in [0.29, 0.717) is 0 Å². The van der Waals surface area contributed by atoms with Gasteiger partial charge in [0.15, 0.2) is 0 Å². The van der Waals surface area contributed by atoms with Gasteiger partial charge in [-0.2, -0.15) is 13.2 Å². The van der Waals surface area contributed by atoms with Gasteiger partial charge in [0.25, 0.3) is 0 Å². The van der Waals surface area contributed by atoms with E-state index in [0.717, 1.165) is 0 Å². The molecule has 1 heterocycles. The first-order valence-corrected chi connectivity index (χ1v) is 4.35. The van der Waals surface area contributed by atoms with Crippen molar-refractivity contribution >= 4 is 11.6 Å². The summed E-state index contributed by atoms with van der Waals surface area (Å²) in [5.41, 5.74) is 3.49. The number of nitrogens with two attached hydrogens (primary N) is 1. The molecule has 1 aromatic heterocycles. The Labute approximate surface area is 83.7 Å². The molecule has 0 amide bonds. The summed E-state index contributed by atoms with van der Waals surface area (Å²) in [6.45, 7) is 0. The van der Waals surface area contributed by atoms with Crippen molar-refractivity contribution in [1.29, 1.82) is 0 Å². The second-order valence-electron chi connectivity index (χ2n) is 3.53. The van der Waals surface area contributed by atoms with Gasteiger partial charge in [-0.1, -0.05) is 0 Å². The van der Waals surface area contributed by atoms with Crippen molar-refractivity contribution in [2.75, 3.05) is 11.1 Å². The van der Waals surface area contributed by atoms with Crippen LogP contribution in [0.5, 0.6) is 0 Å². The van der Waals surface area contributed by atoms with Gasteiger partial charge < -0.3 is 11.1 Å². The van der Waals surface area contributed by atoms with E-state index in [-0.39, 0.29) is 24.5 Å². The lowest BCUT2D eigenvalue weighted by Gasteiger charge is -2.20. The van der Waals surface area contributed by atoms with Crippen molar-refractivity contribution in [3.05, 3.63) is 12.4 Å². The van der Waals surface area contributed by atoms with Crippen LogP contribution in [0.25, 0.3) is 0 Å². The Morgan fingerprint density at radius 3 is 2.47 bits per heavy atom. The second kappa shape index (κ2) is 2.98. The highest BCUT2D eigenvalue weighted by Gasteiger charge is 2.63. The number of alkyl halides is 3. The molecule has 0 aromatic carbocycles. The highest BCUT2D eigenvalue weighted by Crippen LogP contribution is 2.50. The van der Waals surface area contributed by atoms with Crippen LogP contribution < -0.4 is 11.1 Å². The van der Waals surface area contributed by atoms with Gasteiger partial charge in [0.05, 0.1) is 12.4 Å². The summed E-state index contributed by atoms with van der Waals surface area (Å²) in [4.78, 5) is 7.38. The summed E-state index contributed by atoms with van der Waals surface area (Å²) >= 11 is 0. The molecular weight excluding hydrogens is 209 g/mol. The van der Waals surface area contributed by atoms with E-state index in [2.05, 4.69) is 15.3 Å². The lowest BCUT2D eigenvalue weighted by molar-refractivity contribution is -0.151. The molecule has 15 heavy (non-hydrogen) atoms. The Morgan fingerprint density at radius 1 is 1.33 bits per heavy atom. The second-order valence-corrected chi connectivity index (χ2v) is 3.53. The van der Waals surface area contributed by atoms with Crippen molar-refractivity contribution in [3.8, 4) is 0 Å². The monoisotopic (exact) mass is 218 g/mol. The van der Waals surface area contributed by atoms with Crippen molar-refractivity contribution in [3.63, 3.8) is 0 Å². The number of nitrogens with zero attached hydrogens (tertiary/aromatic N) is 2. The number of hydrogen-bond acceptors (Lipinski definition) is 4. The Bertz CT molecular complexity index is 372. The van der Waals surface area contributed by atoms with Crippen LogP contribution in [0.4, 0.5) is 24.8 Å². The molecule has 0 radical (unpaired) electrons. The number of anilines is 2. The number of halogens is 3. The van der Waals surface area contributed by atoms with Gasteiger partial charge in [-0.05, 0) is 12.8 Å². The third-order valence-electron chi connectivity index (χ3n) is 2.31. The molecule has 2 rings (SSSR count). The number of rotatable bonds is 2. The van der Waals surface area contributed by atoms with Crippen molar-refractivity contribution in [1.82, 2.24) is 9.97 Å². The van der Waals surface area contributed by atoms with Gasteiger partial charge >= 0.3 is 6.18 Å². The first-order chi connectivity index (χ1) is 6.93. The quantitative estimate of drug-likeness (QED) is 0.790. The number of nitrogen functional groups attached to an aromatic ring is 1. The van der Waals surface area contributed by atoms with Gasteiger partial charge in [-0.3, -0.25) is 4.98 Å². The van der Waals surface area contributed by atoms with E-state index < -0.39 is 11.7 Å². The van der Waals surface area contributed by atoms with Gasteiger partial charge in [-0.15, -0.1) is 0 Å². The fraction of sp³-hybridized carbons (Fsp3) is 0.500. The summed E-state index contributed by atoms with van der Waals surface area (Å²) in [7, 11) is 0.